The van der Waals surface area contributed by atoms with Crippen molar-refractivity contribution in [2.45, 2.75) is 32.6 Å². The predicted molar refractivity (Wildman–Crippen MR) is 66.9 cm³/mol. The lowest BCUT2D eigenvalue weighted by Crippen LogP contribution is -2.38. The van der Waals surface area contributed by atoms with E-state index in [2.05, 4.69) is 17.6 Å². The minimum atomic E-state index is 0.115. The normalized spacial score (nSPS) is 16.4. The van der Waals surface area contributed by atoms with Gasteiger partial charge in [0.25, 0.3) is 0 Å². The molecule has 0 bridgehead atoms. The minimum Gasteiger partial charge on any atom is -0.395 e. The highest BCUT2D eigenvalue weighted by molar-refractivity contribution is 7.80. The van der Waals surface area contributed by atoms with Crippen LogP contribution in [0.1, 0.15) is 32.6 Å². The van der Waals surface area contributed by atoms with E-state index in [1.54, 1.807) is 0 Å². The first-order valence-electron chi connectivity index (χ1n) is 5.54. The number of hydrogen-bond donors (Lipinski definition) is 3. The van der Waals surface area contributed by atoms with Gasteiger partial charge in [-0.05, 0) is 44.8 Å². The molecule has 0 atom stereocenters. The molecule has 3 N–H and O–H groups in total. The number of hydrogen-bond acceptors (Lipinski definition) is 2. The van der Waals surface area contributed by atoms with Crippen LogP contribution in [0.2, 0.25) is 0 Å². The number of aliphatic hydroxyl groups excluding tert-OH is 1. The van der Waals surface area contributed by atoms with Crippen LogP contribution >= 0.6 is 12.2 Å². The van der Waals surface area contributed by atoms with Crippen LogP contribution in [-0.4, -0.2) is 29.9 Å². The highest BCUT2D eigenvalue weighted by atomic mass is 32.1. The van der Waals surface area contributed by atoms with Gasteiger partial charge in [-0.1, -0.05) is 11.1 Å². The largest absolute Gasteiger partial charge is 0.395 e. The zero-order valence-corrected chi connectivity index (χ0v) is 10.1. The van der Waals surface area contributed by atoms with Crippen LogP contribution in [0.25, 0.3) is 0 Å². The average Bonchev–Trinajstić information content (AvgIpc) is 2.25. The second kappa shape index (κ2) is 6.80. The molecule has 0 radical (unpaired) electrons. The van der Waals surface area contributed by atoms with E-state index in [4.69, 9.17) is 17.3 Å². The smallest absolute Gasteiger partial charge is 0.166 e. The maximum atomic E-state index is 8.61. The maximum absolute atomic E-state index is 8.61. The van der Waals surface area contributed by atoms with Crippen molar-refractivity contribution in [2.75, 3.05) is 19.7 Å². The van der Waals surface area contributed by atoms with Gasteiger partial charge in [0.05, 0.1) is 6.61 Å². The van der Waals surface area contributed by atoms with E-state index in [1.165, 1.54) is 36.8 Å². The number of nitrogens with one attached hydrogen (secondary N) is 2. The summed E-state index contributed by atoms with van der Waals surface area (Å²) in [6, 6.07) is 0. The molecule has 0 unspecified atom stereocenters. The van der Waals surface area contributed by atoms with E-state index >= 15 is 0 Å². The summed E-state index contributed by atoms with van der Waals surface area (Å²) in [7, 11) is 0. The molecule has 0 saturated carbocycles. The molecule has 0 aromatic rings. The number of aliphatic hydroxyl groups is 1. The Bertz CT molecular complexity index is 251. The molecule has 0 spiro atoms. The van der Waals surface area contributed by atoms with E-state index in [0.29, 0.717) is 11.7 Å². The molecule has 0 aromatic carbocycles. The molecule has 0 fully saturated rings. The predicted octanol–water partition coefficient (Wildman–Crippen LogP) is 1.33. The monoisotopic (exact) mass is 228 g/mol. The van der Waals surface area contributed by atoms with Crippen LogP contribution < -0.4 is 10.6 Å². The van der Waals surface area contributed by atoms with Crippen molar-refractivity contribution < 1.29 is 5.11 Å². The highest BCUT2D eigenvalue weighted by Crippen LogP contribution is 2.23. The first kappa shape index (κ1) is 12.5. The Hall–Kier alpha value is -0.610. The van der Waals surface area contributed by atoms with Gasteiger partial charge < -0.3 is 15.7 Å². The average molecular weight is 228 g/mol. The van der Waals surface area contributed by atoms with Gasteiger partial charge in [0.2, 0.25) is 0 Å². The highest BCUT2D eigenvalue weighted by Gasteiger charge is 2.08. The van der Waals surface area contributed by atoms with E-state index in [-0.39, 0.29) is 6.61 Å². The van der Waals surface area contributed by atoms with Crippen LogP contribution in [0.15, 0.2) is 11.1 Å². The zero-order valence-electron chi connectivity index (χ0n) is 9.31. The van der Waals surface area contributed by atoms with Gasteiger partial charge in [-0.2, -0.15) is 0 Å². The van der Waals surface area contributed by atoms with Gasteiger partial charge in [0, 0.05) is 13.1 Å². The van der Waals surface area contributed by atoms with Gasteiger partial charge in [-0.15, -0.1) is 0 Å². The first-order chi connectivity index (χ1) is 7.24. The Morgan fingerprint density at radius 2 is 2.07 bits per heavy atom. The van der Waals surface area contributed by atoms with Gasteiger partial charge in [-0.25, -0.2) is 0 Å². The summed E-state index contributed by atoms with van der Waals surface area (Å²) < 4.78 is 0. The van der Waals surface area contributed by atoms with Crippen LogP contribution in [-0.2, 0) is 0 Å². The van der Waals surface area contributed by atoms with Crippen molar-refractivity contribution in [1.29, 1.82) is 0 Å². The second-order valence-electron chi connectivity index (χ2n) is 3.92. The molecule has 1 aliphatic carbocycles. The molecule has 0 amide bonds. The van der Waals surface area contributed by atoms with Crippen molar-refractivity contribution in [3.63, 3.8) is 0 Å². The lowest BCUT2D eigenvalue weighted by molar-refractivity contribution is 0.300. The third-order valence-electron chi connectivity index (χ3n) is 2.74. The van der Waals surface area contributed by atoms with Gasteiger partial charge in [-0.3, -0.25) is 0 Å². The lowest BCUT2D eigenvalue weighted by atomic mass is 9.93. The zero-order chi connectivity index (χ0) is 11.1. The number of thiocarbonyl (C=S) groups is 1. The molecule has 0 aromatic heterocycles. The maximum Gasteiger partial charge on any atom is 0.166 e. The fourth-order valence-electron chi connectivity index (χ4n) is 1.78. The summed E-state index contributed by atoms with van der Waals surface area (Å²) in [6.45, 7) is 3.69. The minimum absolute atomic E-state index is 0.115. The van der Waals surface area contributed by atoms with E-state index in [1.807, 2.05) is 0 Å². The topological polar surface area (TPSA) is 44.3 Å². The molecule has 0 heterocycles. The quantitative estimate of drug-likeness (QED) is 0.502. The summed E-state index contributed by atoms with van der Waals surface area (Å²) in [6.07, 6.45) is 5.04. The molecule has 0 saturated heterocycles. The fraction of sp³-hybridized carbons (Fsp3) is 0.727. The Morgan fingerprint density at radius 3 is 2.73 bits per heavy atom. The lowest BCUT2D eigenvalue weighted by Gasteiger charge is -2.19. The SMILES string of the molecule is CC1=C(CNC(=S)NCCO)CCCC1. The standard InChI is InChI=1S/C11H20N2OS/c1-9-4-2-3-5-10(9)8-13-11(15)12-6-7-14/h14H,2-8H2,1H3,(H2,12,13,15). The Labute approximate surface area is 96.9 Å². The van der Waals surface area contributed by atoms with Crippen LogP contribution in [0.5, 0.6) is 0 Å². The van der Waals surface area contributed by atoms with Crippen molar-refractivity contribution in [2.24, 2.45) is 0 Å². The van der Waals surface area contributed by atoms with Gasteiger partial charge in [0.1, 0.15) is 0 Å². The van der Waals surface area contributed by atoms with Gasteiger partial charge >= 0.3 is 0 Å². The summed E-state index contributed by atoms with van der Waals surface area (Å²) in [5.74, 6) is 0. The molecule has 4 heteroatoms. The van der Waals surface area contributed by atoms with E-state index in [9.17, 15) is 0 Å². The molecule has 1 aliphatic rings. The van der Waals surface area contributed by atoms with Gasteiger partial charge in [0.15, 0.2) is 5.11 Å². The van der Waals surface area contributed by atoms with Crippen molar-refractivity contribution in [3.05, 3.63) is 11.1 Å². The first-order valence-corrected chi connectivity index (χ1v) is 5.95. The molecule has 1 rings (SSSR count). The molecule has 3 nitrogen and oxygen atoms in total. The Morgan fingerprint density at radius 1 is 1.33 bits per heavy atom. The molecular formula is C11H20N2OS. The Balaban J connectivity index is 2.26. The summed E-state index contributed by atoms with van der Waals surface area (Å²) in [5.41, 5.74) is 3.01. The van der Waals surface area contributed by atoms with Crippen LogP contribution in [0.3, 0.4) is 0 Å². The molecule has 15 heavy (non-hydrogen) atoms. The number of rotatable bonds is 4. The van der Waals surface area contributed by atoms with E-state index in [0.717, 1.165) is 6.54 Å². The van der Waals surface area contributed by atoms with Crippen molar-refractivity contribution >= 4 is 17.3 Å². The summed E-state index contributed by atoms with van der Waals surface area (Å²) >= 11 is 5.07. The third kappa shape index (κ3) is 4.62. The van der Waals surface area contributed by atoms with Crippen molar-refractivity contribution in [1.82, 2.24) is 10.6 Å². The number of allylic oxidation sites excluding steroid dienone is 1. The molecule has 86 valence electrons. The fourth-order valence-corrected chi connectivity index (χ4v) is 1.95. The second-order valence-corrected chi connectivity index (χ2v) is 4.33. The molecular weight excluding hydrogens is 208 g/mol. The third-order valence-corrected chi connectivity index (χ3v) is 3.03. The van der Waals surface area contributed by atoms with Crippen LogP contribution in [0.4, 0.5) is 0 Å². The summed E-state index contributed by atoms with van der Waals surface area (Å²) in [4.78, 5) is 0. The van der Waals surface area contributed by atoms with Crippen molar-refractivity contribution in [3.8, 4) is 0 Å². The van der Waals surface area contributed by atoms with Crippen LogP contribution in [0, 0.1) is 0 Å². The summed E-state index contributed by atoms with van der Waals surface area (Å²) in [5, 5.41) is 15.4. The Kier molecular flexibility index (Phi) is 5.65. The molecule has 0 aliphatic heterocycles. The van der Waals surface area contributed by atoms with E-state index < -0.39 is 0 Å².